The van der Waals surface area contributed by atoms with Crippen LogP contribution in [0.2, 0.25) is 10.0 Å². The lowest BCUT2D eigenvalue weighted by Crippen LogP contribution is -2.37. The molecule has 0 aliphatic rings. The summed E-state index contributed by atoms with van der Waals surface area (Å²) in [5.74, 6) is -0.707. The van der Waals surface area contributed by atoms with E-state index < -0.39 is 49.9 Å². The number of halogens is 8. The van der Waals surface area contributed by atoms with Gasteiger partial charge in [-0.3, -0.25) is 4.57 Å². The van der Waals surface area contributed by atoms with Crippen molar-refractivity contribution in [3.63, 3.8) is 0 Å². The first-order valence-electron chi connectivity index (χ1n) is 11.5. The second-order valence-corrected chi connectivity index (χ2v) is 9.44. The van der Waals surface area contributed by atoms with Gasteiger partial charge in [0, 0.05) is 10.6 Å². The van der Waals surface area contributed by atoms with Crippen molar-refractivity contribution in [2.24, 2.45) is 0 Å². The number of alkyl halides is 6. The lowest BCUT2D eigenvalue weighted by Gasteiger charge is -2.15. The Hall–Kier alpha value is -3.60. The fourth-order valence-corrected chi connectivity index (χ4v) is 3.90. The molecule has 2 heterocycles. The zero-order valence-corrected chi connectivity index (χ0v) is 21.9. The van der Waals surface area contributed by atoms with E-state index in [1.807, 2.05) is 0 Å². The van der Waals surface area contributed by atoms with Crippen LogP contribution >= 0.6 is 23.2 Å². The smallest absolute Gasteiger partial charge is 0.382 e. The number of nitrogens with one attached hydrogen (secondary N) is 1. The summed E-state index contributed by atoms with van der Waals surface area (Å²) >= 11 is 12.1. The number of anilines is 1. The van der Waals surface area contributed by atoms with E-state index in [4.69, 9.17) is 23.2 Å². The predicted octanol–water partition coefficient (Wildman–Crippen LogP) is 3.91. The number of nitrogens with zero attached hydrogens (tertiary/aromatic N) is 6. The second-order valence-electron chi connectivity index (χ2n) is 8.59. The number of aliphatic hydroxyl groups is 2. The summed E-state index contributed by atoms with van der Waals surface area (Å²) in [6.07, 6.45) is -15.6. The molecule has 0 radical (unpaired) electrons. The van der Waals surface area contributed by atoms with E-state index in [2.05, 4.69) is 20.5 Å². The molecule has 4 aromatic rings. The number of hydrogen-bond acceptors (Lipinski definition) is 7. The lowest BCUT2D eigenvalue weighted by molar-refractivity contribution is -0.207. The van der Waals surface area contributed by atoms with Gasteiger partial charge in [-0.1, -0.05) is 35.3 Å². The van der Waals surface area contributed by atoms with Gasteiger partial charge < -0.3 is 15.5 Å². The van der Waals surface area contributed by atoms with Crippen molar-refractivity contribution >= 4 is 29.2 Å². The number of para-hydroxylation sites is 1. The molecule has 0 saturated heterocycles. The highest BCUT2D eigenvalue weighted by Crippen LogP contribution is 2.26. The van der Waals surface area contributed by atoms with Crippen LogP contribution in [-0.2, 0) is 13.1 Å². The van der Waals surface area contributed by atoms with E-state index in [9.17, 15) is 41.4 Å². The van der Waals surface area contributed by atoms with Crippen LogP contribution in [0.25, 0.3) is 17.1 Å². The van der Waals surface area contributed by atoms with E-state index >= 15 is 0 Å². The summed E-state index contributed by atoms with van der Waals surface area (Å²) in [6, 6.07) is 11.8. The Bertz CT molecular complexity index is 1570. The third kappa shape index (κ3) is 7.01. The minimum atomic E-state index is -5.03. The van der Waals surface area contributed by atoms with Gasteiger partial charge in [0.2, 0.25) is 5.95 Å². The van der Waals surface area contributed by atoms with Crippen molar-refractivity contribution in [3.05, 3.63) is 74.9 Å². The summed E-state index contributed by atoms with van der Waals surface area (Å²) < 4.78 is 80.3. The van der Waals surface area contributed by atoms with Gasteiger partial charge in [0.1, 0.15) is 6.54 Å². The monoisotopic (exact) mass is 625 g/mol. The van der Waals surface area contributed by atoms with E-state index in [1.165, 1.54) is 36.4 Å². The zero-order valence-electron chi connectivity index (χ0n) is 20.4. The van der Waals surface area contributed by atoms with E-state index in [1.54, 1.807) is 12.1 Å². The normalized spacial score (nSPS) is 13.8. The fraction of sp³-hybridized carbons (Fsp3) is 0.304. The van der Waals surface area contributed by atoms with Crippen LogP contribution in [0.1, 0.15) is 5.82 Å². The van der Waals surface area contributed by atoms with Gasteiger partial charge in [-0.25, -0.2) is 9.48 Å². The molecule has 2 atom stereocenters. The average molecular weight is 626 g/mol. The van der Waals surface area contributed by atoms with Crippen LogP contribution in [0.5, 0.6) is 0 Å². The Balaban J connectivity index is 1.74. The van der Waals surface area contributed by atoms with Crippen molar-refractivity contribution in [2.45, 2.75) is 37.7 Å². The van der Waals surface area contributed by atoms with Crippen LogP contribution in [0, 0.1) is 0 Å². The number of benzene rings is 2. The number of aromatic nitrogens is 6. The molecule has 0 aliphatic carbocycles. The maximum atomic E-state index is 13.1. The molecular formula is C23H19Cl2F6N7O3. The van der Waals surface area contributed by atoms with Gasteiger partial charge in [-0.15, -0.1) is 10.2 Å². The first-order valence-corrected chi connectivity index (χ1v) is 12.3. The molecule has 2 aromatic heterocycles. The van der Waals surface area contributed by atoms with Crippen LogP contribution in [-0.4, -0.2) is 70.4 Å². The van der Waals surface area contributed by atoms with Crippen LogP contribution < -0.4 is 11.0 Å². The van der Waals surface area contributed by atoms with Gasteiger partial charge >= 0.3 is 18.0 Å². The van der Waals surface area contributed by atoms with Crippen molar-refractivity contribution < 1.29 is 36.6 Å². The van der Waals surface area contributed by atoms with Crippen LogP contribution in [0.4, 0.5) is 32.3 Å². The van der Waals surface area contributed by atoms with E-state index in [0.717, 1.165) is 9.36 Å². The molecule has 2 aromatic carbocycles. The van der Waals surface area contributed by atoms with Crippen molar-refractivity contribution in [2.75, 3.05) is 11.9 Å². The molecule has 18 heteroatoms. The highest BCUT2D eigenvalue weighted by molar-refractivity contribution is 6.32. The Labute approximate surface area is 236 Å². The third-order valence-electron chi connectivity index (χ3n) is 5.61. The molecule has 41 heavy (non-hydrogen) atoms. The van der Waals surface area contributed by atoms with Crippen molar-refractivity contribution in [1.29, 1.82) is 0 Å². The minimum Gasteiger partial charge on any atom is -0.382 e. The molecule has 0 aliphatic heterocycles. The fourth-order valence-electron chi connectivity index (χ4n) is 3.56. The van der Waals surface area contributed by atoms with Crippen molar-refractivity contribution in [3.8, 4) is 17.1 Å². The predicted molar refractivity (Wildman–Crippen MR) is 135 cm³/mol. The lowest BCUT2D eigenvalue weighted by atomic mass is 10.2. The Morgan fingerprint density at radius 2 is 1.54 bits per heavy atom. The first kappa shape index (κ1) is 30.4. The second kappa shape index (κ2) is 11.7. The van der Waals surface area contributed by atoms with Gasteiger partial charge in [0.15, 0.2) is 23.9 Å². The minimum absolute atomic E-state index is 0.135. The molecular weight excluding hydrogens is 607 g/mol. The SMILES string of the molecule is O=c1n(Cc2nc(NCC(O)C(F)(F)F)n(-c3ccccc3Cl)n2)nc(-c2ccc(Cl)cc2)n1CC(O)C(F)(F)F. The summed E-state index contributed by atoms with van der Waals surface area (Å²) in [5, 5.41) is 30.1. The number of hydrogen-bond donors (Lipinski definition) is 3. The molecule has 0 amide bonds. The molecule has 3 N–H and O–H groups in total. The highest BCUT2D eigenvalue weighted by Gasteiger charge is 2.40. The van der Waals surface area contributed by atoms with Gasteiger partial charge in [-0.2, -0.15) is 36.0 Å². The molecule has 220 valence electrons. The van der Waals surface area contributed by atoms with E-state index in [-0.39, 0.29) is 33.9 Å². The third-order valence-corrected chi connectivity index (χ3v) is 6.18. The Kier molecular flexibility index (Phi) is 8.67. The summed E-state index contributed by atoms with van der Waals surface area (Å²) in [6.45, 7) is -2.72. The van der Waals surface area contributed by atoms with Gasteiger partial charge in [0.25, 0.3) is 0 Å². The molecule has 0 fully saturated rings. The first-order chi connectivity index (χ1) is 19.1. The largest absolute Gasteiger partial charge is 0.416 e. The molecule has 0 bridgehead atoms. The standard InChI is InChI=1S/C23H19Cl2F6N7O3/c24-13-7-5-12(6-8-13)19-35-37(21(41)36(19)10-17(40)23(29,30)31)11-18-33-20(32-9-16(39)22(26,27)28)38(34-18)15-4-2-1-3-14(15)25/h1-8,16-17,39-40H,9-11H2,(H,32,33,34). The maximum absolute atomic E-state index is 13.1. The molecule has 0 spiro atoms. The quantitative estimate of drug-likeness (QED) is 0.241. The van der Waals surface area contributed by atoms with Crippen molar-refractivity contribution in [1.82, 2.24) is 29.1 Å². The van der Waals surface area contributed by atoms with E-state index in [0.29, 0.717) is 9.59 Å². The molecule has 2 unspecified atom stereocenters. The van der Waals surface area contributed by atoms with Gasteiger partial charge in [0.05, 0.1) is 23.8 Å². The Morgan fingerprint density at radius 1 is 0.902 bits per heavy atom. The van der Waals surface area contributed by atoms with Crippen LogP contribution in [0.15, 0.2) is 53.3 Å². The Morgan fingerprint density at radius 3 is 2.15 bits per heavy atom. The number of rotatable bonds is 9. The molecule has 10 nitrogen and oxygen atoms in total. The number of aliphatic hydroxyl groups excluding tert-OH is 2. The van der Waals surface area contributed by atoms with Crippen LogP contribution in [0.3, 0.4) is 0 Å². The maximum Gasteiger partial charge on any atom is 0.416 e. The average Bonchev–Trinajstić information content (AvgIpc) is 3.43. The summed E-state index contributed by atoms with van der Waals surface area (Å²) in [5.41, 5.74) is -0.669. The topological polar surface area (TPSA) is 123 Å². The molecule has 4 rings (SSSR count). The van der Waals surface area contributed by atoms with Gasteiger partial charge in [-0.05, 0) is 36.4 Å². The summed E-state index contributed by atoms with van der Waals surface area (Å²) in [4.78, 5) is 17.2. The molecule has 0 saturated carbocycles. The zero-order chi connectivity index (χ0) is 30.1. The summed E-state index contributed by atoms with van der Waals surface area (Å²) in [7, 11) is 0. The highest BCUT2D eigenvalue weighted by atomic mass is 35.5.